The van der Waals surface area contributed by atoms with E-state index in [1.807, 2.05) is 6.92 Å². The molecule has 0 amide bonds. The van der Waals surface area contributed by atoms with Gasteiger partial charge in [0.05, 0.1) is 11.7 Å². The highest BCUT2D eigenvalue weighted by molar-refractivity contribution is 5.24. The molecule has 0 radical (unpaired) electrons. The molecule has 2 fully saturated rings. The molecule has 2 nitrogen and oxygen atoms in total. The number of hydrogen-bond donors (Lipinski definition) is 2. The summed E-state index contributed by atoms with van der Waals surface area (Å²) in [5.74, 6) is 0.587. The molecule has 0 aromatic heterocycles. The maximum absolute atomic E-state index is 10.2. The molecule has 0 bridgehead atoms. The van der Waals surface area contributed by atoms with Crippen LogP contribution >= 0.6 is 0 Å². The van der Waals surface area contributed by atoms with Gasteiger partial charge < -0.3 is 10.2 Å². The molecule has 2 heteroatoms. The highest BCUT2D eigenvalue weighted by Crippen LogP contribution is 2.68. The lowest BCUT2D eigenvalue weighted by Gasteiger charge is -2.29. The predicted octanol–water partition coefficient (Wildman–Crippen LogP) is 1.16. The standard InChI is InChI=1S/C10H18O2/c1-6-4-5-7-9(2,3)10(7,12)8(6)11/h6-8,11-12H,4-5H2,1-3H3. The Morgan fingerprint density at radius 2 is 1.83 bits per heavy atom. The largest absolute Gasteiger partial charge is 0.390 e. The number of aliphatic hydroxyl groups is 2. The first kappa shape index (κ1) is 8.52. The van der Waals surface area contributed by atoms with Gasteiger partial charge in [-0.25, -0.2) is 0 Å². The Hall–Kier alpha value is -0.0800. The number of hydrogen-bond acceptors (Lipinski definition) is 2. The van der Waals surface area contributed by atoms with Crippen LogP contribution < -0.4 is 0 Å². The SMILES string of the molecule is CC1CCC2C(C)(C)C2(O)C1O. The zero-order valence-corrected chi connectivity index (χ0v) is 8.04. The van der Waals surface area contributed by atoms with Gasteiger partial charge in [-0.1, -0.05) is 20.8 Å². The molecule has 2 aliphatic carbocycles. The summed E-state index contributed by atoms with van der Waals surface area (Å²) < 4.78 is 0. The van der Waals surface area contributed by atoms with Gasteiger partial charge in [-0.3, -0.25) is 0 Å². The van der Waals surface area contributed by atoms with Gasteiger partial charge in [0.2, 0.25) is 0 Å². The highest BCUT2D eigenvalue weighted by Gasteiger charge is 2.75. The minimum absolute atomic E-state index is 0.0584. The molecule has 2 rings (SSSR count). The monoisotopic (exact) mass is 170 g/mol. The van der Waals surface area contributed by atoms with Gasteiger partial charge in [-0.15, -0.1) is 0 Å². The summed E-state index contributed by atoms with van der Waals surface area (Å²) in [5, 5.41) is 20.0. The third-order valence-electron chi connectivity index (χ3n) is 4.25. The molecular weight excluding hydrogens is 152 g/mol. The second-order valence-electron chi connectivity index (χ2n) is 5.10. The molecular formula is C10H18O2. The van der Waals surface area contributed by atoms with Crippen LogP contribution in [0.5, 0.6) is 0 Å². The molecule has 0 heterocycles. The third kappa shape index (κ3) is 0.686. The average molecular weight is 170 g/mol. The summed E-state index contributed by atoms with van der Waals surface area (Å²) in [5.41, 5.74) is -0.832. The van der Waals surface area contributed by atoms with Crippen molar-refractivity contribution in [1.29, 1.82) is 0 Å². The molecule has 0 spiro atoms. The van der Waals surface area contributed by atoms with Gasteiger partial charge in [0.15, 0.2) is 0 Å². The first-order chi connectivity index (χ1) is 5.42. The van der Waals surface area contributed by atoms with Crippen molar-refractivity contribution in [3.05, 3.63) is 0 Å². The van der Waals surface area contributed by atoms with E-state index < -0.39 is 11.7 Å². The summed E-state index contributed by atoms with van der Waals surface area (Å²) in [7, 11) is 0. The quantitative estimate of drug-likeness (QED) is 0.573. The molecule has 12 heavy (non-hydrogen) atoms. The van der Waals surface area contributed by atoms with Crippen molar-refractivity contribution in [3.63, 3.8) is 0 Å². The lowest BCUT2D eigenvalue weighted by Crippen LogP contribution is -2.40. The predicted molar refractivity (Wildman–Crippen MR) is 46.6 cm³/mol. The van der Waals surface area contributed by atoms with Gasteiger partial charge in [0, 0.05) is 5.41 Å². The smallest absolute Gasteiger partial charge is 0.0996 e. The van der Waals surface area contributed by atoms with E-state index in [9.17, 15) is 10.2 Å². The third-order valence-corrected chi connectivity index (χ3v) is 4.25. The summed E-state index contributed by atoms with van der Waals surface area (Å²) in [4.78, 5) is 0. The van der Waals surface area contributed by atoms with Crippen LogP contribution in [0.2, 0.25) is 0 Å². The second kappa shape index (κ2) is 2.05. The Kier molecular flexibility index (Phi) is 1.45. The summed E-state index contributed by atoms with van der Waals surface area (Å²) in [6.07, 6.45) is 1.62. The van der Waals surface area contributed by atoms with Crippen molar-refractivity contribution >= 4 is 0 Å². The van der Waals surface area contributed by atoms with E-state index in [1.165, 1.54) is 0 Å². The Bertz CT molecular complexity index is 212. The zero-order chi connectivity index (χ0) is 9.15. The second-order valence-corrected chi connectivity index (χ2v) is 5.10. The zero-order valence-electron chi connectivity index (χ0n) is 8.04. The fourth-order valence-corrected chi connectivity index (χ4v) is 3.07. The van der Waals surface area contributed by atoms with Crippen molar-refractivity contribution in [3.8, 4) is 0 Å². The van der Waals surface area contributed by atoms with Crippen LogP contribution in [0.4, 0.5) is 0 Å². The summed E-state index contributed by atoms with van der Waals surface area (Å²) in [6, 6.07) is 0. The lowest BCUT2D eigenvalue weighted by atomic mass is 9.85. The van der Waals surface area contributed by atoms with Crippen LogP contribution in [0.3, 0.4) is 0 Å². The van der Waals surface area contributed by atoms with Gasteiger partial charge >= 0.3 is 0 Å². The van der Waals surface area contributed by atoms with Crippen LogP contribution in [-0.4, -0.2) is 21.9 Å². The van der Waals surface area contributed by atoms with Gasteiger partial charge in [-0.05, 0) is 24.7 Å². The van der Waals surface area contributed by atoms with E-state index in [0.717, 1.165) is 12.8 Å². The Labute approximate surface area is 73.6 Å². The van der Waals surface area contributed by atoms with Gasteiger partial charge in [0.1, 0.15) is 0 Å². The Balaban J connectivity index is 2.26. The molecule has 0 aromatic rings. The van der Waals surface area contributed by atoms with Crippen LogP contribution in [0.25, 0.3) is 0 Å². The van der Waals surface area contributed by atoms with Crippen molar-refractivity contribution < 1.29 is 10.2 Å². The maximum atomic E-state index is 10.2. The van der Waals surface area contributed by atoms with Gasteiger partial charge in [0.25, 0.3) is 0 Å². The normalized spacial score (nSPS) is 56.2. The van der Waals surface area contributed by atoms with E-state index in [-0.39, 0.29) is 11.3 Å². The topological polar surface area (TPSA) is 40.5 Å². The summed E-state index contributed by atoms with van der Waals surface area (Å²) in [6.45, 7) is 6.13. The van der Waals surface area contributed by atoms with E-state index in [0.29, 0.717) is 5.92 Å². The van der Waals surface area contributed by atoms with Gasteiger partial charge in [-0.2, -0.15) is 0 Å². The Morgan fingerprint density at radius 1 is 1.25 bits per heavy atom. The first-order valence-electron chi connectivity index (χ1n) is 4.83. The van der Waals surface area contributed by atoms with Crippen molar-refractivity contribution in [1.82, 2.24) is 0 Å². The number of aliphatic hydroxyl groups excluding tert-OH is 1. The van der Waals surface area contributed by atoms with E-state index >= 15 is 0 Å². The van der Waals surface area contributed by atoms with Crippen LogP contribution in [0.15, 0.2) is 0 Å². The molecule has 0 aliphatic heterocycles. The lowest BCUT2D eigenvalue weighted by molar-refractivity contribution is -0.0716. The minimum atomic E-state index is -0.773. The van der Waals surface area contributed by atoms with E-state index in [1.54, 1.807) is 0 Å². The van der Waals surface area contributed by atoms with Crippen molar-refractivity contribution in [2.45, 2.75) is 45.3 Å². The molecule has 0 saturated heterocycles. The number of fused-ring (bicyclic) bond motifs is 1. The van der Waals surface area contributed by atoms with E-state index in [2.05, 4.69) is 13.8 Å². The van der Waals surface area contributed by atoms with Crippen LogP contribution in [0, 0.1) is 17.3 Å². The van der Waals surface area contributed by atoms with Crippen LogP contribution in [-0.2, 0) is 0 Å². The average Bonchev–Trinajstić information content (AvgIpc) is 2.42. The summed E-state index contributed by atoms with van der Waals surface area (Å²) >= 11 is 0. The molecule has 2 saturated carbocycles. The van der Waals surface area contributed by atoms with E-state index in [4.69, 9.17) is 0 Å². The minimum Gasteiger partial charge on any atom is -0.390 e. The molecule has 2 N–H and O–H groups in total. The molecule has 4 unspecified atom stereocenters. The molecule has 2 aliphatic rings. The highest BCUT2D eigenvalue weighted by atomic mass is 16.4. The molecule has 4 atom stereocenters. The fraction of sp³-hybridized carbons (Fsp3) is 1.00. The maximum Gasteiger partial charge on any atom is 0.0996 e. The van der Waals surface area contributed by atoms with Crippen molar-refractivity contribution in [2.24, 2.45) is 17.3 Å². The molecule has 0 aromatic carbocycles. The molecule has 70 valence electrons. The fourth-order valence-electron chi connectivity index (χ4n) is 3.07. The van der Waals surface area contributed by atoms with Crippen LogP contribution in [0.1, 0.15) is 33.6 Å². The number of rotatable bonds is 0. The Morgan fingerprint density at radius 3 is 2.33 bits per heavy atom. The first-order valence-corrected chi connectivity index (χ1v) is 4.83. The van der Waals surface area contributed by atoms with Crippen molar-refractivity contribution in [2.75, 3.05) is 0 Å².